The summed E-state index contributed by atoms with van der Waals surface area (Å²) < 4.78 is 0.632. The van der Waals surface area contributed by atoms with Crippen molar-refractivity contribution in [2.45, 2.75) is 0 Å². The molecule has 0 radical (unpaired) electrons. The van der Waals surface area contributed by atoms with Gasteiger partial charge in [-0.2, -0.15) is 0 Å². The summed E-state index contributed by atoms with van der Waals surface area (Å²) in [5, 5.41) is 23.0. The lowest BCUT2D eigenvalue weighted by Crippen LogP contribution is -1.98. The second-order valence-corrected chi connectivity index (χ2v) is 6.94. The van der Waals surface area contributed by atoms with Gasteiger partial charge in [0.2, 0.25) is 0 Å². The van der Waals surface area contributed by atoms with E-state index < -0.39 is 9.85 Å². The Morgan fingerprint density at radius 3 is 1.90 bits per heavy atom. The van der Waals surface area contributed by atoms with Crippen molar-refractivity contribution in [3.63, 3.8) is 0 Å². The van der Waals surface area contributed by atoms with Crippen LogP contribution in [0.4, 0.5) is 11.4 Å². The molecule has 0 saturated heterocycles. The third-order valence-electron chi connectivity index (χ3n) is 4.16. The molecule has 3 aromatic carbocycles. The molecule has 0 amide bonds. The van der Waals surface area contributed by atoms with Gasteiger partial charge in [0.15, 0.2) is 0 Å². The molecule has 0 aliphatic heterocycles. The van der Waals surface area contributed by atoms with Crippen LogP contribution >= 0.6 is 15.9 Å². The van der Waals surface area contributed by atoms with E-state index in [4.69, 9.17) is 0 Å². The molecule has 0 aliphatic carbocycles. The number of hydrogen-bond donors (Lipinski definition) is 0. The number of rotatable bonds is 6. The van der Waals surface area contributed by atoms with Crippen LogP contribution in [0.2, 0.25) is 0 Å². The summed E-state index contributed by atoms with van der Waals surface area (Å²) in [4.78, 5) is 21.8. The first-order valence-corrected chi connectivity index (χ1v) is 9.37. The van der Waals surface area contributed by atoms with E-state index >= 15 is 0 Å². The molecule has 0 fully saturated rings. The Hall–Kier alpha value is -3.58. The fraction of sp³-hybridized carbons (Fsp3) is 0. The number of nitro groups is 2. The van der Waals surface area contributed by atoms with E-state index in [0.29, 0.717) is 4.48 Å². The quantitative estimate of drug-likeness (QED) is 0.241. The van der Waals surface area contributed by atoms with Gasteiger partial charge >= 0.3 is 0 Å². The van der Waals surface area contributed by atoms with Crippen LogP contribution in [0.1, 0.15) is 22.3 Å². The third-order valence-corrected chi connectivity index (χ3v) is 4.84. The Morgan fingerprint density at radius 1 is 0.759 bits per heavy atom. The summed E-state index contributed by atoms with van der Waals surface area (Å²) >= 11 is 3.44. The number of hydrogen-bond acceptors (Lipinski definition) is 4. The lowest BCUT2D eigenvalue weighted by atomic mass is 10.0. The number of benzene rings is 3. The summed E-state index contributed by atoms with van der Waals surface area (Å²) in [6.07, 6.45) is 4.91. The predicted octanol–water partition coefficient (Wildman–Crippen LogP) is 6.57. The molecule has 0 saturated carbocycles. The topological polar surface area (TPSA) is 86.3 Å². The number of nitrogens with zero attached hydrogens (tertiary/aromatic N) is 2. The highest BCUT2D eigenvalue weighted by molar-refractivity contribution is 9.15. The van der Waals surface area contributed by atoms with Gasteiger partial charge in [0, 0.05) is 4.48 Å². The van der Waals surface area contributed by atoms with Gasteiger partial charge < -0.3 is 0 Å². The van der Waals surface area contributed by atoms with E-state index in [1.807, 2.05) is 60.7 Å². The zero-order valence-electron chi connectivity index (χ0n) is 15.1. The van der Waals surface area contributed by atoms with Crippen LogP contribution in [0.3, 0.4) is 0 Å². The Bertz CT molecular complexity index is 1110. The molecule has 0 spiro atoms. The van der Waals surface area contributed by atoms with Crippen molar-refractivity contribution in [2.24, 2.45) is 0 Å². The first-order chi connectivity index (χ1) is 14.0. The van der Waals surface area contributed by atoms with Gasteiger partial charge in [-0.3, -0.25) is 20.2 Å². The minimum Gasteiger partial charge on any atom is -0.258 e. The maximum atomic E-state index is 11.5. The molecule has 29 heavy (non-hydrogen) atoms. The molecule has 0 N–H and O–H groups in total. The van der Waals surface area contributed by atoms with Gasteiger partial charge in [-0.05, 0) is 29.3 Å². The summed E-state index contributed by atoms with van der Waals surface area (Å²) in [6, 6.07) is 21.0. The molecule has 0 atom stereocenters. The molecule has 3 aromatic rings. The van der Waals surface area contributed by atoms with E-state index in [2.05, 4.69) is 15.9 Å². The SMILES string of the molecule is O=[N+]([O-])c1cc([N+](=O)[O-])c(/C=C(/Br)c2ccccc2)cc1/C=C\c1ccccc1. The Labute approximate surface area is 175 Å². The zero-order valence-corrected chi connectivity index (χ0v) is 16.7. The second kappa shape index (κ2) is 9.07. The van der Waals surface area contributed by atoms with Crippen molar-refractivity contribution < 1.29 is 9.85 Å². The van der Waals surface area contributed by atoms with Crippen molar-refractivity contribution in [1.29, 1.82) is 0 Å². The Morgan fingerprint density at radius 2 is 1.31 bits per heavy atom. The van der Waals surface area contributed by atoms with Crippen LogP contribution < -0.4 is 0 Å². The van der Waals surface area contributed by atoms with Crippen molar-refractivity contribution in [3.05, 3.63) is 115 Å². The molecule has 0 heterocycles. The standard InChI is InChI=1S/C22H15BrN2O4/c23-20(17-9-5-2-6-10-17)14-19-13-18(12-11-16-7-3-1-4-8-16)21(24(26)27)15-22(19)25(28)29/h1-15H/b12-11-,20-14+. The highest BCUT2D eigenvalue weighted by atomic mass is 79.9. The summed E-state index contributed by atoms with van der Waals surface area (Å²) in [5.41, 5.74) is 1.59. The molecular formula is C22H15BrN2O4. The van der Waals surface area contributed by atoms with Crippen LogP contribution in [0, 0.1) is 20.2 Å². The number of halogens is 1. The van der Waals surface area contributed by atoms with Gasteiger partial charge in [-0.1, -0.05) is 82.7 Å². The van der Waals surface area contributed by atoms with E-state index in [9.17, 15) is 20.2 Å². The van der Waals surface area contributed by atoms with Crippen molar-refractivity contribution in [1.82, 2.24) is 0 Å². The molecule has 0 aliphatic rings. The first-order valence-electron chi connectivity index (χ1n) is 8.58. The van der Waals surface area contributed by atoms with Crippen LogP contribution in [0.5, 0.6) is 0 Å². The van der Waals surface area contributed by atoms with Crippen LogP contribution in [-0.2, 0) is 0 Å². The van der Waals surface area contributed by atoms with E-state index in [1.165, 1.54) is 6.07 Å². The van der Waals surface area contributed by atoms with Crippen molar-refractivity contribution in [3.8, 4) is 0 Å². The van der Waals surface area contributed by atoms with Crippen LogP contribution in [0.25, 0.3) is 22.7 Å². The summed E-state index contributed by atoms with van der Waals surface area (Å²) in [5.74, 6) is 0. The van der Waals surface area contributed by atoms with Crippen LogP contribution in [0.15, 0.2) is 72.8 Å². The Balaban J connectivity index is 2.13. The van der Waals surface area contributed by atoms with E-state index in [-0.39, 0.29) is 22.5 Å². The molecule has 7 heteroatoms. The van der Waals surface area contributed by atoms with Gasteiger partial charge in [-0.25, -0.2) is 0 Å². The third kappa shape index (κ3) is 5.03. The van der Waals surface area contributed by atoms with Crippen LogP contribution in [-0.4, -0.2) is 9.85 Å². The molecule has 144 valence electrons. The summed E-state index contributed by atoms with van der Waals surface area (Å²) in [6.45, 7) is 0. The molecular weight excluding hydrogens is 436 g/mol. The fourth-order valence-electron chi connectivity index (χ4n) is 2.74. The normalized spacial score (nSPS) is 11.6. The van der Waals surface area contributed by atoms with Gasteiger partial charge in [0.05, 0.1) is 27.0 Å². The fourth-order valence-corrected chi connectivity index (χ4v) is 3.26. The first kappa shape index (κ1) is 20.2. The van der Waals surface area contributed by atoms with E-state index in [0.717, 1.165) is 17.2 Å². The van der Waals surface area contributed by atoms with Crippen molar-refractivity contribution >= 4 is 50.0 Å². The Kier molecular flexibility index (Phi) is 6.31. The average molecular weight is 451 g/mol. The largest absolute Gasteiger partial charge is 0.283 e. The molecule has 3 rings (SSSR count). The van der Waals surface area contributed by atoms with Gasteiger partial charge in [0.1, 0.15) is 0 Å². The zero-order chi connectivity index (χ0) is 20.8. The maximum absolute atomic E-state index is 11.5. The lowest BCUT2D eigenvalue weighted by Gasteiger charge is -2.05. The van der Waals surface area contributed by atoms with E-state index in [1.54, 1.807) is 18.2 Å². The summed E-state index contributed by atoms with van der Waals surface area (Å²) in [7, 11) is 0. The molecule has 0 bridgehead atoms. The number of nitro benzene ring substituents is 2. The van der Waals surface area contributed by atoms with Gasteiger partial charge in [0.25, 0.3) is 11.4 Å². The lowest BCUT2D eigenvalue weighted by molar-refractivity contribution is -0.394. The average Bonchev–Trinajstić information content (AvgIpc) is 2.73. The monoisotopic (exact) mass is 450 g/mol. The molecule has 0 unspecified atom stereocenters. The maximum Gasteiger partial charge on any atom is 0.283 e. The van der Waals surface area contributed by atoms with Gasteiger partial charge in [-0.15, -0.1) is 0 Å². The molecule has 0 aromatic heterocycles. The highest BCUT2D eigenvalue weighted by Crippen LogP contribution is 2.34. The van der Waals surface area contributed by atoms with Crippen molar-refractivity contribution in [2.75, 3.05) is 0 Å². The molecule has 6 nitrogen and oxygen atoms in total. The predicted molar refractivity (Wildman–Crippen MR) is 118 cm³/mol. The smallest absolute Gasteiger partial charge is 0.258 e. The minimum absolute atomic E-state index is 0.268. The minimum atomic E-state index is -0.616. The second-order valence-electron chi connectivity index (χ2n) is 6.09. The highest BCUT2D eigenvalue weighted by Gasteiger charge is 2.22.